The maximum atomic E-state index is 11.7. The van der Waals surface area contributed by atoms with E-state index in [-0.39, 0.29) is 0 Å². The number of carbonyl (C=O) groups excluding carboxylic acids is 1. The molecule has 0 aliphatic carbocycles. The number of carboxylic acid groups (broad SMARTS) is 1. The highest BCUT2D eigenvalue weighted by molar-refractivity contribution is 7.08. The van der Waals surface area contributed by atoms with Gasteiger partial charge in [0.1, 0.15) is 0 Å². The van der Waals surface area contributed by atoms with Gasteiger partial charge in [0.15, 0.2) is 6.04 Å². The molecule has 0 fully saturated rings. The number of anilines is 1. The summed E-state index contributed by atoms with van der Waals surface area (Å²) in [7, 11) is 0. The van der Waals surface area contributed by atoms with Crippen molar-refractivity contribution < 1.29 is 14.7 Å². The molecule has 0 radical (unpaired) electrons. The van der Waals surface area contributed by atoms with Crippen LogP contribution in [0.4, 0.5) is 10.5 Å². The van der Waals surface area contributed by atoms with Gasteiger partial charge in [-0.3, -0.25) is 0 Å². The second-order valence-corrected chi connectivity index (χ2v) is 4.57. The standard InChI is InChI=1S/C13H12N2O3S/c16-12(17)11(9-4-2-1-3-5-9)15-13(18)14-10-6-7-19-8-10/h1-8,11H,(H,16,17)(H2,14,15,18). The molecule has 0 aliphatic heterocycles. The van der Waals surface area contributed by atoms with E-state index in [2.05, 4.69) is 10.6 Å². The molecular weight excluding hydrogens is 264 g/mol. The molecule has 0 aliphatic rings. The molecule has 1 aromatic heterocycles. The lowest BCUT2D eigenvalue weighted by atomic mass is 10.1. The van der Waals surface area contributed by atoms with Crippen molar-refractivity contribution in [2.24, 2.45) is 0 Å². The van der Waals surface area contributed by atoms with Crippen LogP contribution in [0.5, 0.6) is 0 Å². The van der Waals surface area contributed by atoms with Crippen molar-refractivity contribution in [2.45, 2.75) is 6.04 Å². The number of aliphatic carboxylic acids is 1. The number of hydrogen-bond donors (Lipinski definition) is 3. The number of thiophene rings is 1. The van der Waals surface area contributed by atoms with Crippen LogP contribution >= 0.6 is 11.3 Å². The smallest absolute Gasteiger partial charge is 0.330 e. The molecule has 3 N–H and O–H groups in total. The number of amides is 2. The summed E-state index contributed by atoms with van der Waals surface area (Å²) < 4.78 is 0. The SMILES string of the molecule is O=C(Nc1ccsc1)NC(C(=O)O)c1ccccc1. The molecule has 1 unspecified atom stereocenters. The molecule has 5 nitrogen and oxygen atoms in total. The van der Waals surface area contributed by atoms with Gasteiger partial charge < -0.3 is 15.7 Å². The highest BCUT2D eigenvalue weighted by atomic mass is 32.1. The predicted octanol–water partition coefficient (Wildman–Crippen LogP) is 2.70. The van der Waals surface area contributed by atoms with Crippen molar-refractivity contribution in [2.75, 3.05) is 5.32 Å². The van der Waals surface area contributed by atoms with Gasteiger partial charge in [-0.1, -0.05) is 30.3 Å². The van der Waals surface area contributed by atoms with E-state index < -0.39 is 18.0 Å². The highest BCUT2D eigenvalue weighted by Crippen LogP contribution is 2.14. The number of benzene rings is 1. The molecule has 98 valence electrons. The average Bonchev–Trinajstić information content (AvgIpc) is 2.89. The number of urea groups is 1. The molecule has 0 spiro atoms. The van der Waals surface area contributed by atoms with Crippen LogP contribution in [0, 0.1) is 0 Å². The van der Waals surface area contributed by atoms with Gasteiger partial charge in [0.25, 0.3) is 0 Å². The van der Waals surface area contributed by atoms with Crippen LogP contribution < -0.4 is 10.6 Å². The minimum atomic E-state index is -1.10. The van der Waals surface area contributed by atoms with Gasteiger partial charge in [0.2, 0.25) is 0 Å². The second-order valence-electron chi connectivity index (χ2n) is 3.79. The van der Waals surface area contributed by atoms with Gasteiger partial charge in [0, 0.05) is 5.38 Å². The first kappa shape index (κ1) is 13.1. The Hall–Kier alpha value is -2.34. The van der Waals surface area contributed by atoms with Crippen molar-refractivity contribution in [3.05, 3.63) is 52.7 Å². The summed E-state index contributed by atoms with van der Waals surface area (Å²) in [4.78, 5) is 22.9. The second kappa shape index (κ2) is 6.01. The summed E-state index contributed by atoms with van der Waals surface area (Å²) in [6.45, 7) is 0. The molecular formula is C13H12N2O3S. The molecule has 2 amide bonds. The summed E-state index contributed by atoms with van der Waals surface area (Å²) in [5, 5.41) is 17.7. The Morgan fingerprint density at radius 2 is 1.89 bits per heavy atom. The lowest BCUT2D eigenvalue weighted by Crippen LogP contribution is -2.36. The third-order valence-electron chi connectivity index (χ3n) is 2.43. The van der Waals surface area contributed by atoms with E-state index in [0.29, 0.717) is 11.3 Å². The molecule has 0 saturated heterocycles. The fourth-order valence-corrected chi connectivity index (χ4v) is 2.15. The number of carboxylic acids is 1. The monoisotopic (exact) mass is 276 g/mol. The van der Waals surface area contributed by atoms with Gasteiger partial charge in [-0.25, -0.2) is 9.59 Å². The lowest BCUT2D eigenvalue weighted by Gasteiger charge is -2.15. The van der Waals surface area contributed by atoms with Gasteiger partial charge in [0.05, 0.1) is 5.69 Å². The van der Waals surface area contributed by atoms with Crippen LogP contribution in [0.1, 0.15) is 11.6 Å². The number of rotatable bonds is 4. The molecule has 2 aromatic rings. The first-order valence-electron chi connectivity index (χ1n) is 5.54. The minimum Gasteiger partial charge on any atom is -0.479 e. The highest BCUT2D eigenvalue weighted by Gasteiger charge is 2.21. The Labute approximate surface area is 113 Å². The molecule has 1 atom stereocenters. The van der Waals surface area contributed by atoms with Crippen LogP contribution in [0.25, 0.3) is 0 Å². The molecule has 19 heavy (non-hydrogen) atoms. The zero-order valence-electron chi connectivity index (χ0n) is 9.87. The number of hydrogen-bond acceptors (Lipinski definition) is 3. The third-order valence-corrected chi connectivity index (χ3v) is 3.12. The van der Waals surface area contributed by atoms with Crippen LogP contribution in [-0.2, 0) is 4.79 Å². The maximum absolute atomic E-state index is 11.7. The topological polar surface area (TPSA) is 78.4 Å². The van der Waals surface area contributed by atoms with Crippen LogP contribution in [0.15, 0.2) is 47.2 Å². The molecule has 0 saturated carbocycles. The quantitative estimate of drug-likeness (QED) is 0.803. The van der Waals surface area contributed by atoms with Crippen molar-refractivity contribution >= 4 is 29.0 Å². The summed E-state index contributed by atoms with van der Waals surface area (Å²) >= 11 is 1.44. The summed E-state index contributed by atoms with van der Waals surface area (Å²) in [5.74, 6) is -1.10. The van der Waals surface area contributed by atoms with E-state index in [1.165, 1.54) is 11.3 Å². The summed E-state index contributed by atoms with van der Waals surface area (Å²) in [6.07, 6.45) is 0. The zero-order chi connectivity index (χ0) is 13.7. The Morgan fingerprint density at radius 1 is 1.16 bits per heavy atom. The average molecular weight is 276 g/mol. The van der Waals surface area contributed by atoms with Crippen molar-refractivity contribution in [3.63, 3.8) is 0 Å². The van der Waals surface area contributed by atoms with Crippen molar-refractivity contribution in [1.29, 1.82) is 0 Å². The Morgan fingerprint density at radius 3 is 2.47 bits per heavy atom. The van der Waals surface area contributed by atoms with E-state index in [4.69, 9.17) is 5.11 Å². The molecule has 1 aromatic carbocycles. The van der Waals surface area contributed by atoms with Crippen LogP contribution in [0.3, 0.4) is 0 Å². The number of nitrogens with one attached hydrogen (secondary N) is 2. The first-order chi connectivity index (χ1) is 9.16. The van der Waals surface area contributed by atoms with Crippen molar-refractivity contribution in [3.8, 4) is 0 Å². The van der Waals surface area contributed by atoms with Crippen LogP contribution in [0.2, 0.25) is 0 Å². The molecule has 1 heterocycles. The fraction of sp³-hybridized carbons (Fsp3) is 0.0769. The Kier molecular flexibility index (Phi) is 4.15. The zero-order valence-corrected chi connectivity index (χ0v) is 10.7. The maximum Gasteiger partial charge on any atom is 0.330 e. The Bertz CT molecular complexity index is 555. The summed E-state index contributed by atoms with van der Waals surface area (Å²) in [6, 6.07) is 8.67. The molecule has 0 bridgehead atoms. The van der Waals surface area contributed by atoms with Gasteiger partial charge in [-0.05, 0) is 17.0 Å². The lowest BCUT2D eigenvalue weighted by molar-refractivity contribution is -0.139. The summed E-state index contributed by atoms with van der Waals surface area (Å²) in [5.41, 5.74) is 1.16. The first-order valence-corrected chi connectivity index (χ1v) is 6.48. The van der Waals surface area contributed by atoms with E-state index >= 15 is 0 Å². The normalized spacial score (nSPS) is 11.6. The van der Waals surface area contributed by atoms with Gasteiger partial charge in [-0.2, -0.15) is 11.3 Å². The van der Waals surface area contributed by atoms with Crippen molar-refractivity contribution in [1.82, 2.24) is 5.32 Å². The largest absolute Gasteiger partial charge is 0.479 e. The van der Waals surface area contributed by atoms with Gasteiger partial charge >= 0.3 is 12.0 Å². The minimum absolute atomic E-state index is 0.524. The molecule has 2 rings (SSSR count). The van der Waals surface area contributed by atoms with E-state index in [0.717, 1.165) is 0 Å². The van der Waals surface area contributed by atoms with Gasteiger partial charge in [-0.15, -0.1) is 0 Å². The fourth-order valence-electron chi connectivity index (χ4n) is 1.57. The molecule has 6 heteroatoms. The third kappa shape index (κ3) is 3.56. The predicted molar refractivity (Wildman–Crippen MR) is 73.3 cm³/mol. The van der Waals surface area contributed by atoms with Crippen LogP contribution in [-0.4, -0.2) is 17.1 Å². The van der Waals surface area contributed by atoms with E-state index in [1.807, 2.05) is 5.38 Å². The van der Waals surface area contributed by atoms with E-state index in [9.17, 15) is 9.59 Å². The van der Waals surface area contributed by atoms with E-state index in [1.54, 1.807) is 41.8 Å². The Balaban J connectivity index is 2.05. The number of carbonyl (C=O) groups is 2.